The number of thioether (sulfide) groups is 1. The molecule has 0 aliphatic rings. The Kier molecular flexibility index (Phi) is 4.69. The molecule has 2 rings (SSSR count). The highest BCUT2D eigenvalue weighted by molar-refractivity contribution is 8.00. The predicted molar refractivity (Wildman–Crippen MR) is 82.2 cm³/mol. The predicted octanol–water partition coefficient (Wildman–Crippen LogP) is 3.46. The Morgan fingerprint density at radius 1 is 1.55 bits per heavy atom. The maximum Gasteiger partial charge on any atom is 0.262 e. The largest absolute Gasteiger partial charge is 0.287 e. The van der Waals surface area contributed by atoms with Crippen molar-refractivity contribution in [2.24, 2.45) is 0 Å². The van der Waals surface area contributed by atoms with Crippen LogP contribution in [-0.4, -0.2) is 14.8 Å². The van der Waals surface area contributed by atoms with Crippen LogP contribution < -0.4 is 5.56 Å². The number of hydrogen-bond donors (Lipinski definition) is 0. The molecule has 20 heavy (non-hydrogen) atoms. The summed E-state index contributed by atoms with van der Waals surface area (Å²) in [4.78, 5) is 17.0. The number of aromatic nitrogens is 2. The zero-order chi connectivity index (χ0) is 14.7. The van der Waals surface area contributed by atoms with Gasteiger partial charge in [0, 0.05) is 11.6 Å². The molecule has 4 nitrogen and oxygen atoms in total. The number of nitrogens with zero attached hydrogens (tertiary/aromatic N) is 3. The van der Waals surface area contributed by atoms with Crippen molar-refractivity contribution >= 4 is 34.3 Å². The van der Waals surface area contributed by atoms with Gasteiger partial charge in [-0.05, 0) is 31.5 Å². The molecule has 1 aromatic carbocycles. The van der Waals surface area contributed by atoms with Crippen molar-refractivity contribution in [3.63, 3.8) is 0 Å². The lowest BCUT2D eigenvalue weighted by molar-refractivity contribution is 0.584. The second kappa shape index (κ2) is 6.29. The van der Waals surface area contributed by atoms with E-state index in [4.69, 9.17) is 16.9 Å². The summed E-state index contributed by atoms with van der Waals surface area (Å²) in [6.07, 6.45) is 0.829. The van der Waals surface area contributed by atoms with Crippen molar-refractivity contribution in [3.8, 4) is 6.07 Å². The summed E-state index contributed by atoms with van der Waals surface area (Å²) in [7, 11) is 0. The molecule has 0 unspecified atom stereocenters. The zero-order valence-corrected chi connectivity index (χ0v) is 12.8. The average Bonchev–Trinajstić information content (AvgIpc) is 2.42. The molecule has 0 bridgehead atoms. The Balaban J connectivity index is 2.67. The zero-order valence-electron chi connectivity index (χ0n) is 11.3. The lowest BCUT2D eigenvalue weighted by Crippen LogP contribution is -2.23. The van der Waals surface area contributed by atoms with Crippen molar-refractivity contribution in [1.29, 1.82) is 5.26 Å². The van der Waals surface area contributed by atoms with Crippen molar-refractivity contribution in [2.75, 3.05) is 0 Å². The van der Waals surface area contributed by atoms with Crippen molar-refractivity contribution in [3.05, 3.63) is 33.6 Å². The monoisotopic (exact) mass is 307 g/mol. The molecule has 2 aromatic rings. The van der Waals surface area contributed by atoms with Gasteiger partial charge in [-0.1, -0.05) is 30.3 Å². The first-order chi connectivity index (χ1) is 9.56. The van der Waals surface area contributed by atoms with Gasteiger partial charge in [0.15, 0.2) is 5.16 Å². The second-order valence-corrected chi connectivity index (χ2v) is 6.15. The molecular weight excluding hydrogens is 294 g/mol. The van der Waals surface area contributed by atoms with Crippen molar-refractivity contribution in [2.45, 2.75) is 37.2 Å². The van der Waals surface area contributed by atoms with Crippen LogP contribution in [0.15, 0.2) is 28.2 Å². The first-order valence-corrected chi connectivity index (χ1v) is 7.59. The van der Waals surface area contributed by atoms with E-state index in [0.29, 0.717) is 27.6 Å². The van der Waals surface area contributed by atoms with Gasteiger partial charge >= 0.3 is 0 Å². The Labute approximate surface area is 126 Å². The van der Waals surface area contributed by atoms with Crippen LogP contribution in [0, 0.1) is 11.3 Å². The highest BCUT2D eigenvalue weighted by Crippen LogP contribution is 2.23. The molecular formula is C14H14ClN3OS. The van der Waals surface area contributed by atoms with Gasteiger partial charge in [0.2, 0.25) is 0 Å². The summed E-state index contributed by atoms with van der Waals surface area (Å²) in [6, 6.07) is 7.20. The highest BCUT2D eigenvalue weighted by Gasteiger charge is 2.14. The van der Waals surface area contributed by atoms with Gasteiger partial charge in [-0.15, -0.1) is 0 Å². The minimum Gasteiger partial charge on any atom is -0.287 e. The van der Waals surface area contributed by atoms with Gasteiger partial charge in [-0.3, -0.25) is 9.36 Å². The summed E-state index contributed by atoms with van der Waals surface area (Å²) in [5, 5.41) is 10.3. The van der Waals surface area contributed by atoms with E-state index in [0.717, 1.165) is 6.42 Å². The van der Waals surface area contributed by atoms with Crippen LogP contribution in [-0.2, 0) is 6.54 Å². The van der Waals surface area contributed by atoms with Crippen LogP contribution >= 0.6 is 23.4 Å². The van der Waals surface area contributed by atoms with Crippen LogP contribution in [0.2, 0.25) is 5.02 Å². The van der Waals surface area contributed by atoms with E-state index in [1.54, 1.807) is 29.7 Å². The maximum atomic E-state index is 12.5. The van der Waals surface area contributed by atoms with Gasteiger partial charge < -0.3 is 0 Å². The standard InChI is InChI=1S/C14H14ClN3OS/c1-3-6-18-13(19)11-5-4-10(15)7-12(11)17-14(18)20-9(2)8-16/h4-5,7,9H,3,6H2,1-2H3/t9-/m0/s1. The fourth-order valence-electron chi connectivity index (χ4n) is 1.87. The molecule has 1 heterocycles. The molecule has 104 valence electrons. The number of halogens is 1. The van der Waals surface area contributed by atoms with E-state index in [9.17, 15) is 4.79 Å². The lowest BCUT2D eigenvalue weighted by Gasteiger charge is -2.12. The topological polar surface area (TPSA) is 58.7 Å². The van der Waals surface area contributed by atoms with Crippen LogP contribution in [0.4, 0.5) is 0 Å². The van der Waals surface area contributed by atoms with Gasteiger partial charge in [-0.25, -0.2) is 4.98 Å². The van der Waals surface area contributed by atoms with Gasteiger partial charge in [-0.2, -0.15) is 5.26 Å². The molecule has 0 fully saturated rings. The van der Waals surface area contributed by atoms with Crippen LogP contribution in [0.1, 0.15) is 20.3 Å². The number of hydrogen-bond acceptors (Lipinski definition) is 4. The third-order valence-corrected chi connectivity index (χ3v) is 4.01. The second-order valence-electron chi connectivity index (χ2n) is 4.40. The molecule has 0 saturated carbocycles. The Morgan fingerprint density at radius 3 is 2.95 bits per heavy atom. The van der Waals surface area contributed by atoms with E-state index in [-0.39, 0.29) is 10.8 Å². The Bertz CT molecular complexity index is 736. The SMILES string of the molecule is CCCn1c(S[C@@H](C)C#N)nc2cc(Cl)ccc2c1=O. The van der Waals surface area contributed by atoms with Crippen LogP contribution in [0.5, 0.6) is 0 Å². The summed E-state index contributed by atoms with van der Waals surface area (Å²) in [5.74, 6) is 0. The maximum absolute atomic E-state index is 12.5. The number of nitriles is 1. The average molecular weight is 308 g/mol. The van der Waals surface area contributed by atoms with E-state index in [2.05, 4.69) is 11.1 Å². The molecule has 0 N–H and O–H groups in total. The molecule has 1 aromatic heterocycles. The lowest BCUT2D eigenvalue weighted by atomic mass is 10.2. The van der Waals surface area contributed by atoms with Gasteiger partial charge in [0.05, 0.1) is 22.2 Å². The number of benzene rings is 1. The quantitative estimate of drug-likeness (QED) is 0.641. The first-order valence-electron chi connectivity index (χ1n) is 6.33. The molecule has 1 atom stereocenters. The van der Waals surface area contributed by atoms with Crippen LogP contribution in [0.3, 0.4) is 0 Å². The molecule has 0 amide bonds. The van der Waals surface area contributed by atoms with E-state index in [1.165, 1.54) is 11.8 Å². The van der Waals surface area contributed by atoms with Crippen molar-refractivity contribution in [1.82, 2.24) is 9.55 Å². The number of rotatable bonds is 4. The number of fused-ring (bicyclic) bond motifs is 1. The summed E-state index contributed by atoms with van der Waals surface area (Å²) in [5.41, 5.74) is 0.489. The summed E-state index contributed by atoms with van der Waals surface area (Å²) < 4.78 is 1.63. The Hall–Kier alpha value is -1.51. The minimum atomic E-state index is -0.262. The highest BCUT2D eigenvalue weighted by atomic mass is 35.5. The molecule has 0 spiro atoms. The molecule has 0 aliphatic carbocycles. The normalized spacial score (nSPS) is 12.3. The third-order valence-electron chi connectivity index (χ3n) is 2.79. The minimum absolute atomic E-state index is 0.0823. The molecule has 0 saturated heterocycles. The molecule has 0 radical (unpaired) electrons. The fraction of sp³-hybridized carbons (Fsp3) is 0.357. The van der Waals surface area contributed by atoms with Gasteiger partial charge in [0.25, 0.3) is 5.56 Å². The van der Waals surface area contributed by atoms with E-state index < -0.39 is 0 Å². The molecule has 6 heteroatoms. The van der Waals surface area contributed by atoms with Crippen molar-refractivity contribution < 1.29 is 0 Å². The summed E-state index contributed by atoms with van der Waals surface area (Å²) >= 11 is 7.24. The first kappa shape index (κ1) is 14.9. The van der Waals surface area contributed by atoms with Gasteiger partial charge in [0.1, 0.15) is 0 Å². The smallest absolute Gasteiger partial charge is 0.262 e. The third kappa shape index (κ3) is 2.97. The Morgan fingerprint density at radius 2 is 2.30 bits per heavy atom. The van der Waals surface area contributed by atoms with E-state index >= 15 is 0 Å². The van der Waals surface area contributed by atoms with Crippen LogP contribution in [0.25, 0.3) is 10.9 Å². The fourth-order valence-corrected chi connectivity index (χ4v) is 2.86. The summed E-state index contributed by atoms with van der Waals surface area (Å²) in [6.45, 7) is 4.38. The van der Waals surface area contributed by atoms with E-state index in [1.807, 2.05) is 6.92 Å². The molecule has 0 aliphatic heterocycles.